The number of sulfonamides is 1. The number of hydrogen-bond donors (Lipinski definition) is 2. The molecule has 1 aromatic rings. The molecule has 1 heterocycles. The van der Waals surface area contributed by atoms with Gasteiger partial charge in [-0.1, -0.05) is 20.8 Å². The number of thiophene rings is 1. The maximum atomic E-state index is 12.0. The Bertz CT molecular complexity index is 473. The molecule has 0 bridgehead atoms. The first kappa shape index (κ1) is 15.6. The van der Waals surface area contributed by atoms with Gasteiger partial charge in [-0.2, -0.15) is 0 Å². The van der Waals surface area contributed by atoms with Crippen molar-refractivity contribution in [2.45, 2.75) is 37.9 Å². The van der Waals surface area contributed by atoms with Crippen LogP contribution in [0.1, 0.15) is 32.1 Å². The highest BCUT2D eigenvalue weighted by molar-refractivity contribution is 7.91. The summed E-state index contributed by atoms with van der Waals surface area (Å²) in [6.45, 7) is 7.46. The Morgan fingerprint density at radius 2 is 1.94 bits per heavy atom. The first-order valence-electron chi connectivity index (χ1n) is 5.97. The smallest absolute Gasteiger partial charge is 0.250 e. The van der Waals surface area contributed by atoms with E-state index in [-0.39, 0.29) is 5.41 Å². The molecule has 6 heteroatoms. The zero-order valence-electron chi connectivity index (χ0n) is 11.4. The molecule has 0 atom stereocenters. The minimum absolute atomic E-state index is 0.134. The Balaban J connectivity index is 2.62. The van der Waals surface area contributed by atoms with Crippen LogP contribution in [0.3, 0.4) is 0 Å². The molecule has 1 rings (SSSR count). The van der Waals surface area contributed by atoms with E-state index in [1.54, 1.807) is 6.07 Å². The van der Waals surface area contributed by atoms with Crippen molar-refractivity contribution < 1.29 is 8.42 Å². The van der Waals surface area contributed by atoms with E-state index >= 15 is 0 Å². The Morgan fingerprint density at radius 3 is 2.50 bits per heavy atom. The van der Waals surface area contributed by atoms with Crippen molar-refractivity contribution in [3.8, 4) is 0 Å². The van der Waals surface area contributed by atoms with E-state index in [1.807, 2.05) is 13.1 Å². The Hall–Kier alpha value is -0.430. The van der Waals surface area contributed by atoms with Gasteiger partial charge in [0, 0.05) is 18.0 Å². The second-order valence-electron chi connectivity index (χ2n) is 5.46. The van der Waals surface area contributed by atoms with E-state index in [2.05, 4.69) is 30.8 Å². The van der Waals surface area contributed by atoms with Crippen molar-refractivity contribution in [1.29, 1.82) is 0 Å². The first-order valence-corrected chi connectivity index (χ1v) is 8.27. The molecule has 0 radical (unpaired) electrons. The third-order valence-corrected chi connectivity index (χ3v) is 5.46. The molecule has 0 aliphatic heterocycles. The molecule has 0 spiro atoms. The summed E-state index contributed by atoms with van der Waals surface area (Å²) >= 11 is 1.31. The zero-order valence-corrected chi connectivity index (χ0v) is 13.0. The fraction of sp³-hybridized carbons (Fsp3) is 0.667. The highest BCUT2D eigenvalue weighted by atomic mass is 32.2. The molecular weight excluding hydrogens is 268 g/mol. The van der Waals surface area contributed by atoms with Crippen LogP contribution in [0.5, 0.6) is 0 Å². The van der Waals surface area contributed by atoms with Crippen molar-refractivity contribution in [3.63, 3.8) is 0 Å². The molecule has 0 aliphatic rings. The minimum atomic E-state index is -3.34. The molecule has 0 aliphatic carbocycles. The summed E-state index contributed by atoms with van der Waals surface area (Å²) in [5.41, 5.74) is 0.134. The number of nitrogens with one attached hydrogen (secondary N) is 2. The maximum absolute atomic E-state index is 12.0. The molecule has 0 saturated carbocycles. The highest BCUT2D eigenvalue weighted by Gasteiger charge is 2.18. The predicted octanol–water partition coefficient (Wildman–Crippen LogP) is 2.18. The van der Waals surface area contributed by atoms with Crippen LogP contribution in [0.25, 0.3) is 0 Å². The molecule has 0 aromatic carbocycles. The molecule has 104 valence electrons. The summed E-state index contributed by atoms with van der Waals surface area (Å²) in [6, 6.07) is 3.51. The highest BCUT2D eigenvalue weighted by Crippen LogP contribution is 2.22. The second kappa shape index (κ2) is 6.14. The topological polar surface area (TPSA) is 58.2 Å². The third kappa shape index (κ3) is 5.06. The molecule has 0 amide bonds. The van der Waals surface area contributed by atoms with Crippen molar-refractivity contribution in [2.75, 3.05) is 13.6 Å². The van der Waals surface area contributed by atoms with Gasteiger partial charge in [-0.3, -0.25) is 0 Å². The van der Waals surface area contributed by atoms with Crippen molar-refractivity contribution in [3.05, 3.63) is 17.0 Å². The Labute approximate surface area is 114 Å². The van der Waals surface area contributed by atoms with Crippen molar-refractivity contribution >= 4 is 21.4 Å². The molecule has 18 heavy (non-hydrogen) atoms. The molecule has 0 fully saturated rings. The average Bonchev–Trinajstić information content (AvgIpc) is 2.65. The van der Waals surface area contributed by atoms with Gasteiger partial charge in [0.1, 0.15) is 4.21 Å². The summed E-state index contributed by atoms with van der Waals surface area (Å²) in [6.07, 6.45) is 0.820. The molecule has 1 aromatic heterocycles. The van der Waals surface area contributed by atoms with E-state index in [1.165, 1.54) is 11.3 Å². The van der Waals surface area contributed by atoms with Crippen LogP contribution in [0, 0.1) is 5.41 Å². The molecule has 2 N–H and O–H groups in total. The third-order valence-electron chi connectivity index (χ3n) is 2.42. The van der Waals surface area contributed by atoms with Gasteiger partial charge >= 0.3 is 0 Å². The van der Waals surface area contributed by atoms with Gasteiger partial charge in [0.2, 0.25) is 10.0 Å². The fourth-order valence-corrected chi connectivity index (χ4v) is 3.85. The van der Waals surface area contributed by atoms with Gasteiger partial charge in [-0.15, -0.1) is 11.3 Å². The van der Waals surface area contributed by atoms with Gasteiger partial charge in [0.15, 0.2) is 0 Å². The Morgan fingerprint density at radius 1 is 1.28 bits per heavy atom. The minimum Gasteiger partial charge on any atom is -0.315 e. The summed E-state index contributed by atoms with van der Waals surface area (Å²) in [5, 5.41) is 3.01. The van der Waals surface area contributed by atoms with Crippen LogP contribution in [0.2, 0.25) is 0 Å². The lowest BCUT2D eigenvalue weighted by atomic mass is 9.93. The molecule has 4 nitrogen and oxygen atoms in total. The van der Waals surface area contributed by atoms with Gasteiger partial charge in [0.05, 0.1) is 0 Å². The van der Waals surface area contributed by atoms with E-state index in [0.29, 0.717) is 17.3 Å². The normalized spacial score (nSPS) is 12.9. The standard InChI is InChI=1S/C12H22N2O2S2/c1-12(2,3)7-8-14-18(15,16)11-6-5-10(17-11)9-13-4/h5-6,13-14H,7-9H2,1-4H3. The van der Waals surface area contributed by atoms with Crippen LogP contribution in [0.15, 0.2) is 16.3 Å². The number of rotatable bonds is 6. The summed E-state index contributed by atoms with van der Waals surface area (Å²) in [7, 11) is -1.50. The number of hydrogen-bond acceptors (Lipinski definition) is 4. The van der Waals surface area contributed by atoms with Crippen LogP contribution in [-0.2, 0) is 16.6 Å². The van der Waals surface area contributed by atoms with Crippen molar-refractivity contribution in [1.82, 2.24) is 10.0 Å². The fourth-order valence-electron chi connectivity index (χ4n) is 1.40. The second-order valence-corrected chi connectivity index (χ2v) is 8.62. The van der Waals surface area contributed by atoms with Gasteiger partial charge in [-0.25, -0.2) is 13.1 Å². The quantitative estimate of drug-likeness (QED) is 0.844. The van der Waals surface area contributed by atoms with E-state index in [0.717, 1.165) is 11.3 Å². The molecule has 0 unspecified atom stereocenters. The first-order chi connectivity index (χ1) is 8.24. The van der Waals surface area contributed by atoms with Crippen LogP contribution in [-0.4, -0.2) is 22.0 Å². The monoisotopic (exact) mass is 290 g/mol. The van der Waals surface area contributed by atoms with Gasteiger partial charge < -0.3 is 5.32 Å². The predicted molar refractivity (Wildman–Crippen MR) is 76.3 cm³/mol. The average molecular weight is 290 g/mol. The van der Waals surface area contributed by atoms with Crippen LogP contribution in [0.4, 0.5) is 0 Å². The lowest BCUT2D eigenvalue weighted by Gasteiger charge is -2.17. The van der Waals surface area contributed by atoms with E-state index < -0.39 is 10.0 Å². The summed E-state index contributed by atoms with van der Waals surface area (Å²) < 4.78 is 27.1. The lowest BCUT2D eigenvalue weighted by molar-refractivity contribution is 0.378. The van der Waals surface area contributed by atoms with Gasteiger partial charge in [-0.05, 0) is 31.0 Å². The Kier molecular flexibility index (Phi) is 5.33. The summed E-state index contributed by atoms with van der Waals surface area (Å²) in [5.74, 6) is 0. The van der Waals surface area contributed by atoms with Crippen LogP contribution >= 0.6 is 11.3 Å². The SMILES string of the molecule is CNCc1ccc(S(=O)(=O)NCCC(C)(C)C)s1. The molecule has 0 saturated heterocycles. The summed E-state index contributed by atoms with van der Waals surface area (Å²) in [4.78, 5) is 1.02. The van der Waals surface area contributed by atoms with Crippen LogP contribution < -0.4 is 10.0 Å². The molecular formula is C12H22N2O2S2. The lowest BCUT2D eigenvalue weighted by Crippen LogP contribution is -2.26. The largest absolute Gasteiger partial charge is 0.315 e. The van der Waals surface area contributed by atoms with E-state index in [9.17, 15) is 8.42 Å². The van der Waals surface area contributed by atoms with E-state index in [4.69, 9.17) is 0 Å². The van der Waals surface area contributed by atoms with Crippen molar-refractivity contribution in [2.24, 2.45) is 5.41 Å². The van der Waals surface area contributed by atoms with Gasteiger partial charge in [0.25, 0.3) is 0 Å². The zero-order chi connectivity index (χ0) is 13.8. The maximum Gasteiger partial charge on any atom is 0.250 e.